The molecule has 0 radical (unpaired) electrons. The zero-order valence-electron chi connectivity index (χ0n) is 12.6. The van der Waals surface area contributed by atoms with Crippen LogP contribution in [0.2, 0.25) is 0 Å². The van der Waals surface area contributed by atoms with E-state index in [1.165, 1.54) is 30.5 Å². The van der Waals surface area contributed by atoms with Crippen molar-refractivity contribution in [3.8, 4) is 0 Å². The van der Waals surface area contributed by atoms with Crippen molar-refractivity contribution in [3.63, 3.8) is 0 Å². The summed E-state index contributed by atoms with van der Waals surface area (Å²) in [7, 11) is 0. The van der Waals surface area contributed by atoms with Crippen molar-refractivity contribution in [2.45, 2.75) is 13.0 Å². The van der Waals surface area contributed by atoms with Gasteiger partial charge in [0, 0.05) is 18.6 Å². The van der Waals surface area contributed by atoms with Gasteiger partial charge in [-0.3, -0.25) is 0 Å². The Hall–Kier alpha value is -2.95. The Labute approximate surface area is 134 Å². The van der Waals surface area contributed by atoms with Gasteiger partial charge in [0.1, 0.15) is 5.82 Å². The van der Waals surface area contributed by atoms with Crippen LogP contribution in [0.4, 0.5) is 4.39 Å². The van der Waals surface area contributed by atoms with Gasteiger partial charge in [-0.1, -0.05) is 35.5 Å². The van der Waals surface area contributed by atoms with Crippen LogP contribution < -0.4 is 0 Å². The normalized spacial score (nSPS) is 14.2. The highest BCUT2D eigenvalue weighted by molar-refractivity contribution is 6.03. The van der Waals surface area contributed by atoms with Crippen molar-refractivity contribution in [2.75, 3.05) is 0 Å². The third kappa shape index (κ3) is 4.51. The Morgan fingerprint density at radius 3 is 2.43 bits per heavy atom. The number of benzene rings is 2. The van der Waals surface area contributed by atoms with Gasteiger partial charge < -0.3 is 10.4 Å². The Kier molecular flexibility index (Phi) is 5.63. The molecular weight excluding hydrogens is 295 g/mol. The summed E-state index contributed by atoms with van der Waals surface area (Å²) in [6.07, 6.45) is 4.77. The molecule has 0 aliphatic rings. The van der Waals surface area contributed by atoms with E-state index in [-0.39, 0.29) is 5.71 Å². The molecule has 0 saturated heterocycles. The van der Waals surface area contributed by atoms with Gasteiger partial charge in [0.2, 0.25) is 6.04 Å². The first kappa shape index (κ1) is 16.4. The molecular formula is C18H17FN2O2. The number of oxime groups is 1. The summed E-state index contributed by atoms with van der Waals surface area (Å²) in [5, 5.41) is 24.5. The molecule has 1 N–H and O–H groups in total. The van der Waals surface area contributed by atoms with Gasteiger partial charge in [0.25, 0.3) is 0 Å². The first-order chi connectivity index (χ1) is 11.1. The van der Waals surface area contributed by atoms with E-state index in [2.05, 4.69) is 5.16 Å². The lowest BCUT2D eigenvalue weighted by atomic mass is 10.0. The standard InChI is InChI=1S/C18H17FN2O2/c1-14(18(20-22)16-9-11-17(19)12-10-16)21(23)13-5-8-15-6-3-2-4-7-15/h2-14,22H,1H3/b8-5+,20-18-,21-13+. The molecule has 5 heteroatoms. The van der Waals surface area contributed by atoms with Crippen LogP contribution >= 0.6 is 0 Å². The van der Waals surface area contributed by atoms with Gasteiger partial charge in [-0.25, -0.2) is 9.13 Å². The van der Waals surface area contributed by atoms with Crippen LogP contribution in [0.25, 0.3) is 6.08 Å². The predicted molar refractivity (Wildman–Crippen MR) is 89.4 cm³/mol. The SMILES string of the molecule is CC(/C(=N/O)c1ccc(F)cc1)/[N+]([O-])=C\C=C\c1ccccc1. The van der Waals surface area contributed by atoms with Crippen molar-refractivity contribution in [3.05, 3.63) is 82.8 Å². The van der Waals surface area contributed by atoms with Crippen LogP contribution in [-0.2, 0) is 0 Å². The summed E-state index contributed by atoms with van der Waals surface area (Å²) < 4.78 is 13.6. The van der Waals surface area contributed by atoms with Gasteiger partial charge in [0.15, 0.2) is 11.9 Å². The molecule has 2 rings (SSSR count). The maximum absolute atomic E-state index is 13.0. The first-order valence-electron chi connectivity index (χ1n) is 7.11. The minimum absolute atomic E-state index is 0.171. The average Bonchev–Trinajstić information content (AvgIpc) is 2.58. The topological polar surface area (TPSA) is 58.7 Å². The summed E-state index contributed by atoms with van der Waals surface area (Å²) in [5.41, 5.74) is 1.63. The molecule has 2 aromatic rings. The van der Waals surface area contributed by atoms with Crippen LogP contribution in [0.15, 0.2) is 65.8 Å². The molecule has 1 atom stereocenters. The largest absolute Gasteiger partial charge is 0.623 e. The Morgan fingerprint density at radius 2 is 1.83 bits per heavy atom. The smallest absolute Gasteiger partial charge is 0.206 e. The lowest BCUT2D eigenvalue weighted by molar-refractivity contribution is -0.471. The molecule has 0 bridgehead atoms. The van der Waals surface area contributed by atoms with Gasteiger partial charge in [-0.2, -0.15) is 0 Å². The minimum Gasteiger partial charge on any atom is -0.623 e. The second-order valence-corrected chi connectivity index (χ2v) is 4.95. The zero-order valence-corrected chi connectivity index (χ0v) is 12.6. The van der Waals surface area contributed by atoms with Crippen LogP contribution in [0.5, 0.6) is 0 Å². The second-order valence-electron chi connectivity index (χ2n) is 4.95. The highest BCUT2D eigenvalue weighted by Gasteiger charge is 2.20. The molecule has 0 aliphatic carbocycles. The maximum Gasteiger partial charge on any atom is 0.206 e. The van der Waals surface area contributed by atoms with E-state index in [4.69, 9.17) is 5.21 Å². The van der Waals surface area contributed by atoms with Crippen LogP contribution in [-0.4, -0.2) is 27.9 Å². The van der Waals surface area contributed by atoms with Crippen LogP contribution in [0.1, 0.15) is 18.1 Å². The first-order valence-corrected chi connectivity index (χ1v) is 7.11. The van der Waals surface area contributed by atoms with Gasteiger partial charge >= 0.3 is 0 Å². The molecule has 0 aliphatic heterocycles. The van der Waals surface area contributed by atoms with E-state index >= 15 is 0 Å². The molecule has 2 aromatic carbocycles. The number of allylic oxidation sites excluding steroid dienone is 1. The van der Waals surface area contributed by atoms with Crippen LogP contribution in [0.3, 0.4) is 0 Å². The molecule has 0 heterocycles. The van der Waals surface area contributed by atoms with E-state index in [1.807, 2.05) is 30.3 Å². The number of hydrogen-bond acceptors (Lipinski definition) is 3. The molecule has 0 aromatic heterocycles. The van der Waals surface area contributed by atoms with E-state index < -0.39 is 11.9 Å². The van der Waals surface area contributed by atoms with Gasteiger partial charge in [-0.15, -0.1) is 0 Å². The molecule has 23 heavy (non-hydrogen) atoms. The Bertz CT molecular complexity index is 722. The lowest BCUT2D eigenvalue weighted by Crippen LogP contribution is -2.29. The van der Waals surface area contributed by atoms with E-state index in [0.29, 0.717) is 10.3 Å². The number of nitrogens with zero attached hydrogens (tertiary/aromatic N) is 2. The monoisotopic (exact) mass is 312 g/mol. The molecule has 0 spiro atoms. The molecule has 4 nitrogen and oxygen atoms in total. The third-order valence-electron chi connectivity index (χ3n) is 3.35. The summed E-state index contributed by atoms with van der Waals surface area (Å²) in [5.74, 6) is -0.393. The molecule has 0 fully saturated rings. The number of hydroxylamine groups is 1. The minimum atomic E-state index is -0.717. The van der Waals surface area contributed by atoms with E-state index in [0.717, 1.165) is 5.56 Å². The maximum atomic E-state index is 13.0. The van der Waals surface area contributed by atoms with E-state index in [1.54, 1.807) is 19.1 Å². The molecule has 0 saturated carbocycles. The average molecular weight is 312 g/mol. The van der Waals surface area contributed by atoms with Crippen molar-refractivity contribution in [1.82, 2.24) is 0 Å². The highest BCUT2D eigenvalue weighted by Crippen LogP contribution is 2.09. The van der Waals surface area contributed by atoms with Crippen molar-refractivity contribution in [2.24, 2.45) is 5.16 Å². The van der Waals surface area contributed by atoms with E-state index in [9.17, 15) is 9.60 Å². The summed E-state index contributed by atoms with van der Waals surface area (Å²) in [6, 6.07) is 14.3. The summed E-state index contributed by atoms with van der Waals surface area (Å²) in [4.78, 5) is 0. The zero-order chi connectivity index (χ0) is 16.7. The molecule has 0 amide bonds. The predicted octanol–water partition coefficient (Wildman–Crippen LogP) is 3.69. The fourth-order valence-electron chi connectivity index (χ4n) is 2.06. The Balaban J connectivity index is 2.13. The lowest BCUT2D eigenvalue weighted by Gasteiger charge is -2.13. The Morgan fingerprint density at radius 1 is 1.17 bits per heavy atom. The molecule has 1 unspecified atom stereocenters. The second kappa shape index (κ2) is 7.89. The van der Waals surface area contributed by atoms with Gasteiger partial charge in [0.05, 0.1) is 0 Å². The number of rotatable bonds is 5. The summed E-state index contributed by atoms with van der Waals surface area (Å²) in [6.45, 7) is 1.61. The molecule has 118 valence electrons. The quantitative estimate of drug-likeness (QED) is 0.301. The fraction of sp³-hybridized carbons (Fsp3) is 0.111. The summed E-state index contributed by atoms with van der Waals surface area (Å²) >= 11 is 0. The third-order valence-corrected chi connectivity index (χ3v) is 3.35. The number of halogens is 1. The number of hydrogen-bond donors (Lipinski definition) is 1. The van der Waals surface area contributed by atoms with Crippen LogP contribution in [0, 0.1) is 11.0 Å². The van der Waals surface area contributed by atoms with Gasteiger partial charge in [-0.05, 0) is 35.9 Å². The van der Waals surface area contributed by atoms with Crippen molar-refractivity contribution in [1.29, 1.82) is 0 Å². The highest BCUT2D eigenvalue weighted by atomic mass is 19.1. The fourth-order valence-corrected chi connectivity index (χ4v) is 2.06. The van der Waals surface area contributed by atoms with Crippen molar-refractivity contribution < 1.29 is 14.3 Å². The van der Waals surface area contributed by atoms with Crippen molar-refractivity contribution >= 4 is 18.0 Å².